The normalized spacial score (nSPS) is 16.2. The Labute approximate surface area is 107 Å². The molecule has 5 nitrogen and oxygen atoms in total. The smallest absolute Gasteiger partial charge is 0.243 e. The number of benzene rings is 1. The van der Waals surface area contributed by atoms with E-state index in [1.54, 1.807) is 19.1 Å². The molecule has 0 saturated heterocycles. The Hall–Kier alpha value is -1.11. The van der Waals surface area contributed by atoms with Crippen LogP contribution < -0.4 is 5.73 Å². The van der Waals surface area contributed by atoms with E-state index >= 15 is 0 Å². The lowest BCUT2D eigenvalue weighted by atomic mass is 10.2. The van der Waals surface area contributed by atoms with Crippen molar-refractivity contribution in [2.24, 2.45) is 0 Å². The summed E-state index contributed by atoms with van der Waals surface area (Å²) in [5, 5.41) is 9.02. The summed E-state index contributed by atoms with van der Waals surface area (Å²) in [6.45, 7) is 1.72. The van der Waals surface area contributed by atoms with Gasteiger partial charge in [-0.15, -0.1) is 0 Å². The summed E-state index contributed by atoms with van der Waals surface area (Å²) in [7, 11) is -3.56. The Morgan fingerprint density at radius 3 is 2.67 bits per heavy atom. The lowest BCUT2D eigenvalue weighted by Gasteiger charge is -2.22. The first-order valence-corrected chi connectivity index (χ1v) is 7.39. The van der Waals surface area contributed by atoms with Gasteiger partial charge in [0.2, 0.25) is 10.0 Å². The van der Waals surface area contributed by atoms with Crippen molar-refractivity contribution in [3.8, 4) is 0 Å². The number of nitrogen functional groups attached to an aromatic ring is 1. The molecule has 0 heterocycles. The second-order valence-corrected chi connectivity index (χ2v) is 6.45. The molecule has 100 valence electrons. The topological polar surface area (TPSA) is 83.6 Å². The monoisotopic (exact) mass is 270 g/mol. The molecule has 1 aliphatic rings. The number of anilines is 1. The van der Waals surface area contributed by atoms with E-state index in [1.807, 2.05) is 0 Å². The van der Waals surface area contributed by atoms with Crippen molar-refractivity contribution in [2.45, 2.75) is 30.7 Å². The van der Waals surface area contributed by atoms with Gasteiger partial charge in [-0.1, -0.05) is 6.07 Å². The van der Waals surface area contributed by atoms with E-state index in [1.165, 1.54) is 10.4 Å². The quantitative estimate of drug-likeness (QED) is 0.772. The highest BCUT2D eigenvalue weighted by molar-refractivity contribution is 7.89. The Kier molecular flexibility index (Phi) is 3.61. The molecule has 0 radical (unpaired) electrons. The number of nitrogens with zero attached hydrogens (tertiary/aromatic N) is 1. The van der Waals surface area contributed by atoms with Gasteiger partial charge in [-0.25, -0.2) is 8.42 Å². The largest absolute Gasteiger partial charge is 0.399 e. The third-order valence-corrected chi connectivity index (χ3v) is 5.17. The molecule has 0 aliphatic heterocycles. The number of nitrogens with two attached hydrogens (primary N) is 1. The number of rotatable bonds is 5. The van der Waals surface area contributed by atoms with Gasteiger partial charge in [-0.05, 0) is 37.5 Å². The molecule has 0 aromatic heterocycles. The zero-order valence-electron chi connectivity index (χ0n) is 10.3. The van der Waals surface area contributed by atoms with Crippen LogP contribution in [-0.4, -0.2) is 37.0 Å². The standard InChI is InChI=1S/C12H18N2O3S/c1-9-2-3-10(13)8-12(9)18(16,17)14(6-7-15)11-4-5-11/h2-3,8,11,15H,4-7,13H2,1H3. The second kappa shape index (κ2) is 4.87. The molecule has 1 aromatic carbocycles. The molecular weight excluding hydrogens is 252 g/mol. The maximum absolute atomic E-state index is 12.5. The van der Waals surface area contributed by atoms with E-state index in [-0.39, 0.29) is 24.1 Å². The van der Waals surface area contributed by atoms with E-state index in [4.69, 9.17) is 10.8 Å². The van der Waals surface area contributed by atoms with Gasteiger partial charge in [-0.3, -0.25) is 0 Å². The van der Waals surface area contributed by atoms with Crippen LogP contribution in [0, 0.1) is 6.92 Å². The van der Waals surface area contributed by atoms with Gasteiger partial charge in [-0.2, -0.15) is 4.31 Å². The number of aliphatic hydroxyl groups is 1. The van der Waals surface area contributed by atoms with Crippen molar-refractivity contribution in [1.29, 1.82) is 0 Å². The van der Waals surface area contributed by atoms with Crippen molar-refractivity contribution in [1.82, 2.24) is 4.31 Å². The molecule has 1 fully saturated rings. The molecule has 0 atom stereocenters. The maximum Gasteiger partial charge on any atom is 0.243 e. The summed E-state index contributed by atoms with van der Waals surface area (Å²) in [6, 6.07) is 4.90. The number of aryl methyl sites for hydroxylation is 1. The Morgan fingerprint density at radius 1 is 1.44 bits per heavy atom. The van der Waals surface area contributed by atoms with Crippen LogP contribution >= 0.6 is 0 Å². The summed E-state index contributed by atoms with van der Waals surface area (Å²) in [5.41, 5.74) is 6.76. The molecule has 1 aliphatic carbocycles. The highest BCUT2D eigenvalue weighted by Gasteiger charge is 2.38. The SMILES string of the molecule is Cc1ccc(N)cc1S(=O)(=O)N(CCO)C1CC1. The van der Waals surface area contributed by atoms with Crippen LogP contribution in [0.4, 0.5) is 5.69 Å². The maximum atomic E-state index is 12.5. The Morgan fingerprint density at radius 2 is 2.11 bits per heavy atom. The summed E-state index contributed by atoms with van der Waals surface area (Å²) < 4.78 is 26.5. The van der Waals surface area contributed by atoms with Crippen LogP contribution in [0.5, 0.6) is 0 Å². The zero-order chi connectivity index (χ0) is 13.3. The molecule has 2 rings (SSSR count). The van der Waals surface area contributed by atoms with E-state index in [0.717, 1.165) is 12.8 Å². The van der Waals surface area contributed by atoms with Crippen LogP contribution in [0.25, 0.3) is 0 Å². The molecule has 1 saturated carbocycles. The fourth-order valence-corrected chi connectivity index (χ4v) is 3.92. The third kappa shape index (κ3) is 2.50. The van der Waals surface area contributed by atoms with Crippen LogP contribution in [0.15, 0.2) is 23.1 Å². The van der Waals surface area contributed by atoms with Crippen molar-refractivity contribution >= 4 is 15.7 Å². The molecule has 0 spiro atoms. The van der Waals surface area contributed by atoms with E-state index in [0.29, 0.717) is 11.3 Å². The zero-order valence-corrected chi connectivity index (χ0v) is 11.2. The Bertz CT molecular complexity index is 538. The number of hydrogen-bond donors (Lipinski definition) is 2. The van der Waals surface area contributed by atoms with Gasteiger partial charge in [0.15, 0.2) is 0 Å². The predicted molar refractivity (Wildman–Crippen MR) is 69.6 cm³/mol. The van der Waals surface area contributed by atoms with E-state index < -0.39 is 10.0 Å². The van der Waals surface area contributed by atoms with Crippen LogP contribution in [0.1, 0.15) is 18.4 Å². The summed E-state index contributed by atoms with van der Waals surface area (Å²) in [4.78, 5) is 0.239. The first kappa shape index (κ1) is 13.3. The lowest BCUT2D eigenvalue weighted by Crippen LogP contribution is -2.35. The average Bonchev–Trinajstić information content (AvgIpc) is 3.13. The van der Waals surface area contributed by atoms with Gasteiger partial charge in [0.25, 0.3) is 0 Å². The van der Waals surface area contributed by atoms with Gasteiger partial charge in [0, 0.05) is 18.3 Å². The van der Waals surface area contributed by atoms with Crippen molar-refractivity contribution < 1.29 is 13.5 Å². The summed E-state index contributed by atoms with van der Waals surface area (Å²) >= 11 is 0. The van der Waals surface area contributed by atoms with Crippen molar-refractivity contribution in [3.63, 3.8) is 0 Å². The lowest BCUT2D eigenvalue weighted by molar-refractivity contribution is 0.250. The third-order valence-electron chi connectivity index (χ3n) is 3.07. The minimum absolute atomic E-state index is 0.0305. The minimum Gasteiger partial charge on any atom is -0.399 e. The Balaban J connectivity index is 2.42. The van der Waals surface area contributed by atoms with Gasteiger partial charge in [0.1, 0.15) is 0 Å². The summed E-state index contributed by atoms with van der Waals surface area (Å²) in [5.74, 6) is 0. The molecule has 3 N–H and O–H groups in total. The summed E-state index contributed by atoms with van der Waals surface area (Å²) in [6.07, 6.45) is 1.72. The molecule has 0 bridgehead atoms. The average molecular weight is 270 g/mol. The number of hydrogen-bond acceptors (Lipinski definition) is 4. The van der Waals surface area contributed by atoms with Gasteiger partial charge in [0.05, 0.1) is 11.5 Å². The minimum atomic E-state index is -3.56. The number of sulfonamides is 1. The van der Waals surface area contributed by atoms with Crippen LogP contribution in [-0.2, 0) is 10.0 Å². The first-order valence-electron chi connectivity index (χ1n) is 5.95. The molecule has 1 aromatic rings. The fourth-order valence-electron chi connectivity index (χ4n) is 1.98. The molecule has 18 heavy (non-hydrogen) atoms. The first-order chi connectivity index (χ1) is 8.46. The van der Waals surface area contributed by atoms with E-state index in [9.17, 15) is 8.42 Å². The highest BCUT2D eigenvalue weighted by atomic mass is 32.2. The predicted octanol–water partition coefficient (Wildman–Crippen LogP) is 0.723. The van der Waals surface area contributed by atoms with Crippen molar-refractivity contribution in [2.75, 3.05) is 18.9 Å². The van der Waals surface area contributed by atoms with Crippen LogP contribution in [0.2, 0.25) is 0 Å². The fraction of sp³-hybridized carbons (Fsp3) is 0.500. The molecule has 0 amide bonds. The second-order valence-electron chi connectivity index (χ2n) is 4.60. The molecule has 0 unspecified atom stereocenters. The molecular formula is C12H18N2O3S. The van der Waals surface area contributed by atoms with Crippen LogP contribution in [0.3, 0.4) is 0 Å². The van der Waals surface area contributed by atoms with Gasteiger partial charge >= 0.3 is 0 Å². The van der Waals surface area contributed by atoms with Crippen molar-refractivity contribution in [3.05, 3.63) is 23.8 Å². The molecule has 6 heteroatoms. The van der Waals surface area contributed by atoms with Gasteiger partial charge < -0.3 is 10.8 Å². The van der Waals surface area contributed by atoms with E-state index in [2.05, 4.69) is 0 Å². The highest BCUT2D eigenvalue weighted by Crippen LogP contribution is 2.33. The number of aliphatic hydroxyl groups excluding tert-OH is 1.